The zero-order chi connectivity index (χ0) is 26.6. The lowest BCUT2D eigenvalue weighted by Crippen LogP contribution is -2.53. The van der Waals surface area contributed by atoms with Crippen molar-refractivity contribution in [3.05, 3.63) is 81.9 Å². The van der Waals surface area contributed by atoms with E-state index in [1.54, 1.807) is 0 Å². The first-order valence-electron chi connectivity index (χ1n) is 10.1. The first kappa shape index (κ1) is 28.8. The molecular weight excluding hydrogens is 473 g/mol. The first-order valence-corrected chi connectivity index (χ1v) is 10.1. The normalized spacial score (nSPS) is 12.3. The number of amides is 1. The van der Waals surface area contributed by atoms with E-state index in [4.69, 9.17) is 27.1 Å². The molecule has 7 N–H and O–H groups in total. The SMILES string of the molecule is NCCC[C@H](C(N)=O)N(C(N)=N[N+](=O)[O-])C(c1ccccc1)c1ccccc1.O=C(O)C(F)(F)F. The van der Waals surface area contributed by atoms with Gasteiger partial charge in [-0.3, -0.25) is 4.79 Å². The minimum atomic E-state index is -5.08. The number of alkyl halides is 3. The van der Waals surface area contributed by atoms with Crippen molar-refractivity contribution in [1.82, 2.24) is 4.90 Å². The third-order valence-electron chi connectivity index (χ3n) is 4.55. The van der Waals surface area contributed by atoms with Crippen molar-refractivity contribution in [2.75, 3.05) is 6.54 Å². The number of carboxylic acid groups (broad SMARTS) is 1. The smallest absolute Gasteiger partial charge is 0.475 e. The van der Waals surface area contributed by atoms with Gasteiger partial charge in [-0.1, -0.05) is 60.7 Å². The van der Waals surface area contributed by atoms with Crippen LogP contribution in [-0.4, -0.2) is 51.6 Å². The Bertz CT molecular complexity index is 966. The number of hydrazone groups is 1. The number of hydrogen-bond acceptors (Lipinski definition) is 5. The highest BCUT2D eigenvalue weighted by molar-refractivity contribution is 5.88. The number of aliphatic carboxylic acids is 1. The summed E-state index contributed by atoms with van der Waals surface area (Å²) in [4.78, 5) is 33.6. The number of carboxylic acids is 1. The van der Waals surface area contributed by atoms with Gasteiger partial charge >= 0.3 is 12.1 Å². The third kappa shape index (κ3) is 9.29. The minimum absolute atomic E-state index is 0.288. The lowest BCUT2D eigenvalue weighted by molar-refractivity contribution is -0.485. The quantitative estimate of drug-likeness (QED) is 0.174. The summed E-state index contributed by atoms with van der Waals surface area (Å²) in [5.74, 6) is -3.82. The van der Waals surface area contributed by atoms with E-state index in [2.05, 4.69) is 5.10 Å². The van der Waals surface area contributed by atoms with Crippen LogP contribution in [-0.2, 0) is 9.59 Å². The summed E-state index contributed by atoms with van der Waals surface area (Å²) in [6, 6.07) is 16.9. The second-order valence-electron chi connectivity index (χ2n) is 6.98. The summed E-state index contributed by atoms with van der Waals surface area (Å²) in [5, 5.41) is 20.5. The highest BCUT2D eigenvalue weighted by atomic mass is 19.4. The molecule has 0 fully saturated rings. The van der Waals surface area contributed by atoms with Gasteiger partial charge in [-0.05, 0) is 30.5 Å². The van der Waals surface area contributed by atoms with Crippen molar-refractivity contribution in [2.24, 2.45) is 22.3 Å². The Balaban J connectivity index is 0.000000762. The predicted molar refractivity (Wildman–Crippen MR) is 120 cm³/mol. The van der Waals surface area contributed by atoms with Crippen molar-refractivity contribution in [3.8, 4) is 0 Å². The second-order valence-corrected chi connectivity index (χ2v) is 6.98. The standard InChI is InChI=1S/C19H24N6O3.C2HF3O2/c20-13-7-12-16(18(21)26)24(19(22)23-25(27)28)17(14-8-3-1-4-9-14)15-10-5-2-6-11-15;3-2(4,5)1(6)7/h1-6,8-11,16-17H,7,12-13,20H2,(H2,21,26)(H2,22,23);(H,6,7)/t16-;/m1./s1. The van der Waals surface area contributed by atoms with Gasteiger partial charge in [0.2, 0.25) is 5.91 Å². The van der Waals surface area contributed by atoms with E-state index in [0.717, 1.165) is 11.1 Å². The highest BCUT2D eigenvalue weighted by Crippen LogP contribution is 2.31. The molecule has 1 amide bonds. The Labute approximate surface area is 198 Å². The molecular formula is C21H25F3N6O5. The van der Waals surface area contributed by atoms with E-state index in [0.29, 0.717) is 13.0 Å². The molecule has 0 aliphatic heterocycles. The van der Waals surface area contributed by atoms with Crippen molar-refractivity contribution in [2.45, 2.75) is 31.1 Å². The molecule has 11 nitrogen and oxygen atoms in total. The predicted octanol–water partition coefficient (Wildman–Crippen LogP) is 1.81. The number of nitrogens with two attached hydrogens (primary N) is 3. The van der Waals surface area contributed by atoms with Crippen LogP contribution in [0.15, 0.2) is 65.8 Å². The lowest BCUT2D eigenvalue weighted by Gasteiger charge is -2.37. The molecule has 2 rings (SSSR count). The minimum Gasteiger partial charge on any atom is -0.475 e. The molecule has 0 aliphatic carbocycles. The Morgan fingerprint density at radius 2 is 1.46 bits per heavy atom. The van der Waals surface area contributed by atoms with E-state index < -0.39 is 41.1 Å². The first-order chi connectivity index (χ1) is 16.4. The topological polar surface area (TPSA) is 191 Å². The number of nitrogens with zero attached hydrogens (tertiary/aromatic N) is 3. The van der Waals surface area contributed by atoms with Crippen LogP contribution in [0.5, 0.6) is 0 Å². The van der Waals surface area contributed by atoms with E-state index in [9.17, 15) is 28.1 Å². The van der Waals surface area contributed by atoms with E-state index in [-0.39, 0.29) is 6.42 Å². The molecule has 0 saturated carbocycles. The molecule has 35 heavy (non-hydrogen) atoms. The molecule has 1 atom stereocenters. The summed E-state index contributed by atoms with van der Waals surface area (Å²) in [6.45, 7) is 0.339. The molecule has 2 aromatic rings. The zero-order valence-corrected chi connectivity index (χ0v) is 18.3. The van der Waals surface area contributed by atoms with Crippen molar-refractivity contribution in [3.63, 3.8) is 0 Å². The van der Waals surface area contributed by atoms with Gasteiger partial charge in [0.15, 0.2) is 5.03 Å². The molecule has 0 aromatic heterocycles. The van der Waals surface area contributed by atoms with E-state index in [1.807, 2.05) is 60.7 Å². The fraction of sp³-hybridized carbons (Fsp3) is 0.286. The Kier molecular flexibility index (Phi) is 11.1. The number of benzene rings is 2. The lowest BCUT2D eigenvalue weighted by atomic mass is 9.94. The van der Waals surface area contributed by atoms with Gasteiger partial charge in [0, 0.05) is 0 Å². The van der Waals surface area contributed by atoms with Crippen LogP contribution in [0.4, 0.5) is 13.2 Å². The molecule has 0 unspecified atom stereocenters. The summed E-state index contributed by atoms with van der Waals surface area (Å²) >= 11 is 0. The summed E-state index contributed by atoms with van der Waals surface area (Å²) in [6.07, 6.45) is -4.30. The Morgan fingerprint density at radius 3 is 1.77 bits per heavy atom. The maximum Gasteiger partial charge on any atom is 0.490 e. The molecule has 0 radical (unpaired) electrons. The van der Waals surface area contributed by atoms with Gasteiger partial charge in [-0.2, -0.15) is 13.2 Å². The summed E-state index contributed by atoms with van der Waals surface area (Å²) < 4.78 is 31.7. The van der Waals surface area contributed by atoms with Crippen LogP contribution >= 0.6 is 0 Å². The largest absolute Gasteiger partial charge is 0.490 e. The molecule has 0 saturated heterocycles. The monoisotopic (exact) mass is 498 g/mol. The number of nitro groups is 1. The second kappa shape index (κ2) is 13.5. The zero-order valence-electron chi connectivity index (χ0n) is 18.3. The molecule has 0 bridgehead atoms. The molecule has 190 valence electrons. The Hall–Kier alpha value is -4.20. The number of rotatable bonds is 9. The van der Waals surface area contributed by atoms with Crippen LogP contribution < -0.4 is 17.2 Å². The maximum absolute atomic E-state index is 12.3. The van der Waals surface area contributed by atoms with Crippen LogP contribution in [0.1, 0.15) is 30.0 Å². The van der Waals surface area contributed by atoms with Crippen LogP contribution in [0.3, 0.4) is 0 Å². The molecule has 2 aromatic carbocycles. The van der Waals surface area contributed by atoms with Crippen molar-refractivity contribution in [1.29, 1.82) is 0 Å². The number of primary amides is 1. The molecule has 0 heterocycles. The number of carbonyl (C=O) groups excluding carboxylic acids is 1. The average Bonchev–Trinajstić information content (AvgIpc) is 2.79. The Morgan fingerprint density at radius 1 is 1.03 bits per heavy atom. The molecule has 14 heteroatoms. The van der Waals surface area contributed by atoms with Crippen LogP contribution in [0.2, 0.25) is 0 Å². The van der Waals surface area contributed by atoms with Crippen molar-refractivity contribution >= 4 is 17.8 Å². The van der Waals surface area contributed by atoms with Gasteiger partial charge in [0.1, 0.15) is 11.1 Å². The third-order valence-corrected chi connectivity index (χ3v) is 4.55. The van der Waals surface area contributed by atoms with Gasteiger partial charge < -0.3 is 27.2 Å². The number of halogens is 3. The fourth-order valence-corrected chi connectivity index (χ4v) is 3.12. The number of hydrogen-bond donors (Lipinski definition) is 4. The number of guanidine groups is 1. The van der Waals surface area contributed by atoms with E-state index >= 15 is 0 Å². The van der Waals surface area contributed by atoms with Crippen LogP contribution in [0.25, 0.3) is 0 Å². The summed E-state index contributed by atoms with van der Waals surface area (Å²) in [7, 11) is 0. The maximum atomic E-state index is 12.3. The van der Waals surface area contributed by atoms with E-state index in [1.165, 1.54) is 4.90 Å². The van der Waals surface area contributed by atoms with Gasteiger partial charge in [0.05, 0.1) is 6.04 Å². The van der Waals surface area contributed by atoms with Gasteiger partial charge in [0.25, 0.3) is 5.96 Å². The summed E-state index contributed by atoms with van der Waals surface area (Å²) in [5.41, 5.74) is 18.8. The number of carbonyl (C=O) groups is 2. The van der Waals surface area contributed by atoms with Gasteiger partial charge in [-0.25, -0.2) is 14.9 Å². The molecule has 0 spiro atoms. The average molecular weight is 498 g/mol. The van der Waals surface area contributed by atoms with Crippen molar-refractivity contribution < 1.29 is 32.9 Å². The van der Waals surface area contributed by atoms with Gasteiger partial charge in [-0.15, -0.1) is 0 Å². The fourth-order valence-electron chi connectivity index (χ4n) is 3.12. The highest BCUT2D eigenvalue weighted by Gasteiger charge is 2.38. The molecule has 0 aliphatic rings. The van der Waals surface area contributed by atoms with Crippen LogP contribution in [0, 0.1) is 10.1 Å².